The summed E-state index contributed by atoms with van der Waals surface area (Å²) in [7, 11) is -0.243. The Morgan fingerprint density at radius 3 is 2.40 bits per heavy atom. The highest BCUT2D eigenvalue weighted by Gasteiger charge is 2.32. The van der Waals surface area contributed by atoms with E-state index in [1.807, 2.05) is 42.1 Å². The highest BCUT2D eigenvalue weighted by atomic mass is 32.2. The van der Waals surface area contributed by atoms with E-state index in [2.05, 4.69) is 24.1 Å². The number of nitrogens with one attached hydrogen (secondary N) is 1. The predicted molar refractivity (Wildman–Crippen MR) is 134 cm³/mol. The maximum atomic E-state index is 13.4. The normalized spacial score (nSPS) is 19.8. The lowest BCUT2D eigenvalue weighted by Gasteiger charge is -2.34. The molecule has 0 unspecified atom stereocenters. The number of nitrogens with zero attached hydrogens (tertiary/aromatic N) is 3. The van der Waals surface area contributed by atoms with Crippen molar-refractivity contribution in [2.24, 2.45) is 18.9 Å². The summed E-state index contributed by atoms with van der Waals surface area (Å²) in [5, 5.41) is 3.03. The van der Waals surface area contributed by atoms with Crippen molar-refractivity contribution in [3.05, 3.63) is 77.9 Å². The summed E-state index contributed by atoms with van der Waals surface area (Å²) in [6, 6.07) is 13.1. The van der Waals surface area contributed by atoms with Crippen LogP contribution in [0.25, 0.3) is 0 Å². The summed E-state index contributed by atoms with van der Waals surface area (Å²) in [5.41, 5.74) is 1.10. The fraction of sp³-hybridized carbons (Fsp3) is 0.385. The molecule has 1 fully saturated rings. The van der Waals surface area contributed by atoms with Gasteiger partial charge in [0.1, 0.15) is 17.6 Å². The number of aryl methyl sites for hydroxylation is 1. The molecule has 1 aliphatic rings. The zero-order valence-electron chi connectivity index (χ0n) is 20.5. The van der Waals surface area contributed by atoms with E-state index in [1.165, 1.54) is 10.4 Å². The highest BCUT2D eigenvalue weighted by molar-refractivity contribution is 7.89. The van der Waals surface area contributed by atoms with E-state index in [9.17, 15) is 13.2 Å². The summed E-state index contributed by atoms with van der Waals surface area (Å²) in [5.74, 6) is 1.57. The number of methoxy groups -OCH3 is 1. The Morgan fingerprint density at radius 2 is 1.80 bits per heavy atom. The highest BCUT2D eigenvalue weighted by Crippen LogP contribution is 2.28. The predicted octanol–water partition coefficient (Wildman–Crippen LogP) is 3.61. The zero-order chi connectivity index (χ0) is 25.2. The average Bonchev–Trinajstić information content (AvgIpc) is 3.27. The lowest BCUT2D eigenvalue weighted by atomic mass is 9.94. The molecule has 0 bridgehead atoms. The Labute approximate surface area is 207 Å². The fourth-order valence-electron chi connectivity index (χ4n) is 4.71. The number of hydrogen-bond donors (Lipinski definition) is 1. The number of rotatable bonds is 7. The number of sulfonamides is 1. The second kappa shape index (κ2) is 10.2. The van der Waals surface area contributed by atoms with E-state index in [0.717, 1.165) is 12.0 Å². The smallest absolute Gasteiger partial charge is 0.252 e. The number of amides is 1. The molecule has 1 N–H and O–H groups in total. The van der Waals surface area contributed by atoms with Gasteiger partial charge in [0.2, 0.25) is 10.0 Å². The summed E-state index contributed by atoms with van der Waals surface area (Å²) in [6.07, 6.45) is 4.49. The molecule has 4 rings (SSSR count). The summed E-state index contributed by atoms with van der Waals surface area (Å²) in [6.45, 7) is 5.11. The van der Waals surface area contributed by atoms with Gasteiger partial charge in [-0.1, -0.05) is 32.0 Å². The lowest BCUT2D eigenvalue weighted by molar-refractivity contribution is 0.0941. The van der Waals surface area contributed by atoms with Gasteiger partial charge in [-0.05, 0) is 54.2 Å². The maximum absolute atomic E-state index is 13.4. The van der Waals surface area contributed by atoms with Crippen LogP contribution in [-0.2, 0) is 17.1 Å². The number of carbonyl (C=O) groups excluding carboxylic acids is 1. The Morgan fingerprint density at radius 1 is 1.11 bits per heavy atom. The van der Waals surface area contributed by atoms with Gasteiger partial charge in [0.05, 0.1) is 12.0 Å². The van der Waals surface area contributed by atoms with Crippen LogP contribution in [0, 0.1) is 11.8 Å². The standard InChI is InChI=1S/C26H32N4O4S/c1-18-14-19(2)17-30(16-18)35(32,33)23-7-5-6-21(15-23)26(31)28-24(25-27-12-13-29(25)3)20-8-10-22(34-4)11-9-20/h5-13,15,18-19,24H,14,16-17H2,1-4H3,(H,28,31)/t18-,19+,24-/m0/s1. The summed E-state index contributed by atoms with van der Waals surface area (Å²) in [4.78, 5) is 17.9. The van der Waals surface area contributed by atoms with Crippen LogP contribution in [0.4, 0.5) is 0 Å². The topological polar surface area (TPSA) is 93.5 Å². The monoisotopic (exact) mass is 496 g/mol. The van der Waals surface area contributed by atoms with Gasteiger partial charge in [-0.2, -0.15) is 4.31 Å². The number of aromatic nitrogens is 2. The molecule has 2 heterocycles. The quantitative estimate of drug-likeness (QED) is 0.539. The molecule has 1 aromatic heterocycles. The van der Waals surface area contributed by atoms with Crippen LogP contribution in [0.15, 0.2) is 65.8 Å². The van der Waals surface area contributed by atoms with Crippen LogP contribution in [0.5, 0.6) is 5.75 Å². The zero-order valence-corrected chi connectivity index (χ0v) is 21.3. The third-order valence-corrected chi connectivity index (χ3v) is 8.24. The molecule has 0 spiro atoms. The first-order chi connectivity index (χ1) is 16.7. The molecule has 8 nitrogen and oxygen atoms in total. The molecular weight excluding hydrogens is 464 g/mol. The molecule has 1 aliphatic heterocycles. The van der Waals surface area contributed by atoms with Gasteiger partial charge < -0.3 is 14.6 Å². The van der Waals surface area contributed by atoms with Gasteiger partial charge in [-0.3, -0.25) is 4.79 Å². The van der Waals surface area contributed by atoms with E-state index in [1.54, 1.807) is 31.5 Å². The summed E-state index contributed by atoms with van der Waals surface area (Å²) < 4.78 is 35.3. The number of piperidine rings is 1. The molecule has 0 radical (unpaired) electrons. The van der Waals surface area contributed by atoms with Crippen molar-refractivity contribution in [3.63, 3.8) is 0 Å². The molecule has 3 aromatic rings. The summed E-state index contributed by atoms with van der Waals surface area (Å²) >= 11 is 0. The van der Waals surface area contributed by atoms with Gasteiger partial charge >= 0.3 is 0 Å². The molecule has 186 valence electrons. The fourth-order valence-corrected chi connectivity index (χ4v) is 6.44. The van der Waals surface area contributed by atoms with Crippen molar-refractivity contribution >= 4 is 15.9 Å². The van der Waals surface area contributed by atoms with Crippen LogP contribution >= 0.6 is 0 Å². The molecular formula is C26H32N4O4S. The van der Waals surface area contributed by atoms with Gasteiger partial charge in [0.25, 0.3) is 5.91 Å². The third kappa shape index (κ3) is 5.41. The number of benzene rings is 2. The van der Waals surface area contributed by atoms with Crippen molar-refractivity contribution in [1.82, 2.24) is 19.2 Å². The van der Waals surface area contributed by atoms with Gasteiger partial charge in [0, 0.05) is 38.1 Å². The maximum Gasteiger partial charge on any atom is 0.252 e. The van der Waals surface area contributed by atoms with Gasteiger partial charge in [-0.25, -0.2) is 13.4 Å². The number of imidazole rings is 1. The average molecular weight is 497 g/mol. The van der Waals surface area contributed by atoms with Crippen LogP contribution in [0.1, 0.15) is 48.1 Å². The molecule has 1 saturated heterocycles. The molecule has 1 amide bonds. The number of hydrogen-bond acceptors (Lipinski definition) is 5. The third-order valence-electron chi connectivity index (χ3n) is 6.41. The van der Waals surface area contributed by atoms with E-state index < -0.39 is 16.1 Å². The minimum absolute atomic E-state index is 0.129. The van der Waals surface area contributed by atoms with Crippen molar-refractivity contribution in [2.75, 3.05) is 20.2 Å². The number of ether oxygens (including phenoxy) is 1. The Hall–Kier alpha value is -3.17. The van der Waals surface area contributed by atoms with E-state index in [0.29, 0.717) is 36.5 Å². The minimum atomic E-state index is -3.70. The largest absolute Gasteiger partial charge is 0.497 e. The van der Waals surface area contributed by atoms with E-state index >= 15 is 0 Å². The Balaban J connectivity index is 1.61. The van der Waals surface area contributed by atoms with Crippen LogP contribution in [-0.4, -0.2) is 48.4 Å². The van der Waals surface area contributed by atoms with Crippen LogP contribution in [0.2, 0.25) is 0 Å². The minimum Gasteiger partial charge on any atom is -0.497 e. The molecule has 2 aromatic carbocycles. The molecule has 35 heavy (non-hydrogen) atoms. The lowest BCUT2D eigenvalue weighted by Crippen LogP contribution is -2.42. The van der Waals surface area contributed by atoms with Crippen LogP contribution in [0.3, 0.4) is 0 Å². The molecule has 3 atom stereocenters. The first-order valence-electron chi connectivity index (χ1n) is 11.7. The number of carbonyl (C=O) groups is 1. The first kappa shape index (κ1) is 24.9. The van der Waals surface area contributed by atoms with E-state index in [-0.39, 0.29) is 16.4 Å². The van der Waals surface area contributed by atoms with Crippen molar-refractivity contribution < 1.29 is 17.9 Å². The van der Waals surface area contributed by atoms with Crippen LogP contribution < -0.4 is 10.1 Å². The van der Waals surface area contributed by atoms with Crippen molar-refractivity contribution in [1.29, 1.82) is 0 Å². The second-order valence-corrected chi connectivity index (χ2v) is 11.3. The van der Waals surface area contributed by atoms with Gasteiger partial charge in [-0.15, -0.1) is 0 Å². The molecule has 0 aliphatic carbocycles. The van der Waals surface area contributed by atoms with Crippen molar-refractivity contribution in [3.8, 4) is 5.75 Å². The molecule has 0 saturated carbocycles. The second-order valence-electron chi connectivity index (χ2n) is 9.37. The first-order valence-corrected chi connectivity index (χ1v) is 13.1. The SMILES string of the molecule is COc1ccc([C@H](NC(=O)c2cccc(S(=O)(=O)N3C[C@H](C)C[C@H](C)C3)c2)c2nccn2C)cc1. The molecule has 9 heteroatoms. The van der Waals surface area contributed by atoms with Gasteiger partial charge in [0.15, 0.2) is 0 Å². The van der Waals surface area contributed by atoms with E-state index in [4.69, 9.17) is 4.74 Å². The van der Waals surface area contributed by atoms with Crippen molar-refractivity contribution in [2.45, 2.75) is 31.2 Å². The Bertz CT molecular complexity index is 1280. The Kier molecular flexibility index (Phi) is 7.28.